The molecule has 6 heteroatoms. The standard InChI is InChI=1S/C27H33N5O/c1-27(10-17-32(18-11-27)26-29-13-4-14-30-26)25(33)31-15-3-5-21(9-16-31)19-22-7-8-24-23(20-22)6-2-12-28-24/h2,4,6-8,12-14,20-21H,3,5,9-11,15-19H2,1H3/t21-/m0/s1. The third-order valence-corrected chi connectivity index (χ3v) is 7.54. The van der Waals surface area contributed by atoms with Crippen LogP contribution >= 0.6 is 0 Å². The fourth-order valence-corrected chi connectivity index (χ4v) is 5.41. The van der Waals surface area contributed by atoms with Crippen LogP contribution in [0.15, 0.2) is 55.0 Å². The molecule has 3 aromatic rings. The van der Waals surface area contributed by atoms with E-state index in [1.807, 2.05) is 18.3 Å². The third-order valence-electron chi connectivity index (χ3n) is 7.54. The number of amides is 1. The molecule has 0 unspecified atom stereocenters. The van der Waals surface area contributed by atoms with Gasteiger partial charge in [0.15, 0.2) is 0 Å². The number of anilines is 1. The summed E-state index contributed by atoms with van der Waals surface area (Å²) in [6.45, 7) is 5.58. The molecule has 2 aliphatic rings. The molecule has 0 bridgehead atoms. The highest BCUT2D eigenvalue weighted by atomic mass is 16.2. The maximum Gasteiger partial charge on any atom is 0.228 e. The molecule has 2 saturated heterocycles. The number of piperidine rings is 1. The summed E-state index contributed by atoms with van der Waals surface area (Å²) in [7, 11) is 0. The minimum absolute atomic E-state index is 0.281. The summed E-state index contributed by atoms with van der Waals surface area (Å²) >= 11 is 0. The normalized spacial score (nSPS) is 21.1. The van der Waals surface area contributed by atoms with E-state index >= 15 is 0 Å². The summed E-state index contributed by atoms with van der Waals surface area (Å²) in [5, 5.41) is 1.21. The summed E-state index contributed by atoms with van der Waals surface area (Å²) in [6, 6.07) is 12.6. The molecular formula is C27H33N5O. The van der Waals surface area contributed by atoms with Crippen LogP contribution in [0.2, 0.25) is 0 Å². The van der Waals surface area contributed by atoms with Gasteiger partial charge in [-0.2, -0.15) is 0 Å². The summed E-state index contributed by atoms with van der Waals surface area (Å²) in [4.78, 5) is 31.1. The van der Waals surface area contributed by atoms with Crippen molar-refractivity contribution in [1.29, 1.82) is 0 Å². The molecule has 0 aliphatic carbocycles. The SMILES string of the molecule is CC1(C(=O)N2CCC[C@H](Cc3ccc4ncccc4c3)CC2)CCN(c2ncccn2)CC1. The Morgan fingerprint density at radius 2 is 1.76 bits per heavy atom. The first kappa shape index (κ1) is 21.8. The molecule has 0 N–H and O–H groups in total. The minimum Gasteiger partial charge on any atom is -0.342 e. The number of nitrogens with zero attached hydrogens (tertiary/aromatic N) is 5. The molecule has 33 heavy (non-hydrogen) atoms. The van der Waals surface area contributed by atoms with E-state index in [9.17, 15) is 4.79 Å². The number of hydrogen-bond acceptors (Lipinski definition) is 5. The Kier molecular flexibility index (Phi) is 6.25. The van der Waals surface area contributed by atoms with Crippen LogP contribution in [0.25, 0.3) is 10.9 Å². The third kappa shape index (κ3) is 4.85. The zero-order valence-electron chi connectivity index (χ0n) is 19.5. The van der Waals surface area contributed by atoms with Crippen LogP contribution in [-0.2, 0) is 11.2 Å². The van der Waals surface area contributed by atoms with E-state index < -0.39 is 0 Å². The molecule has 1 aromatic carbocycles. The second kappa shape index (κ2) is 9.46. The second-order valence-electron chi connectivity index (χ2n) is 9.92. The second-order valence-corrected chi connectivity index (χ2v) is 9.92. The Morgan fingerprint density at radius 1 is 0.970 bits per heavy atom. The van der Waals surface area contributed by atoms with E-state index in [0.717, 1.165) is 69.7 Å². The van der Waals surface area contributed by atoms with Gasteiger partial charge in [0.2, 0.25) is 11.9 Å². The van der Waals surface area contributed by atoms with Crippen molar-refractivity contribution < 1.29 is 4.79 Å². The highest BCUT2D eigenvalue weighted by Gasteiger charge is 2.40. The predicted molar refractivity (Wildman–Crippen MR) is 131 cm³/mol. The topological polar surface area (TPSA) is 62.2 Å². The summed E-state index contributed by atoms with van der Waals surface area (Å²) in [6.07, 6.45) is 11.6. The number of benzene rings is 1. The lowest BCUT2D eigenvalue weighted by Gasteiger charge is -2.41. The van der Waals surface area contributed by atoms with Crippen LogP contribution in [0.4, 0.5) is 5.95 Å². The number of carbonyl (C=O) groups excluding carboxylic acids is 1. The van der Waals surface area contributed by atoms with E-state index in [1.165, 1.54) is 17.4 Å². The van der Waals surface area contributed by atoms with Gasteiger partial charge in [0.25, 0.3) is 0 Å². The fraction of sp³-hybridized carbons (Fsp3) is 0.481. The van der Waals surface area contributed by atoms with Gasteiger partial charge in [-0.15, -0.1) is 0 Å². The average Bonchev–Trinajstić information content (AvgIpc) is 3.10. The van der Waals surface area contributed by atoms with Crippen LogP contribution in [0, 0.1) is 11.3 Å². The quantitative estimate of drug-likeness (QED) is 0.594. The lowest BCUT2D eigenvalue weighted by molar-refractivity contribution is -0.142. The van der Waals surface area contributed by atoms with E-state index in [2.05, 4.69) is 55.9 Å². The molecule has 2 aromatic heterocycles. The van der Waals surface area contributed by atoms with Crippen LogP contribution < -0.4 is 4.90 Å². The first-order chi connectivity index (χ1) is 16.1. The first-order valence-electron chi connectivity index (χ1n) is 12.3. The van der Waals surface area contributed by atoms with Crippen molar-refractivity contribution in [2.45, 2.75) is 45.4 Å². The number of carbonyl (C=O) groups is 1. The summed E-state index contributed by atoms with van der Waals surface area (Å²) in [5.74, 6) is 1.74. The van der Waals surface area contributed by atoms with E-state index in [4.69, 9.17) is 0 Å². The van der Waals surface area contributed by atoms with Gasteiger partial charge in [-0.1, -0.05) is 19.1 Å². The van der Waals surface area contributed by atoms with Gasteiger partial charge in [0, 0.05) is 55.6 Å². The summed E-state index contributed by atoms with van der Waals surface area (Å²) < 4.78 is 0. The molecule has 5 rings (SSSR count). The maximum atomic E-state index is 13.6. The van der Waals surface area contributed by atoms with Crippen molar-refractivity contribution >= 4 is 22.8 Å². The maximum absolute atomic E-state index is 13.6. The van der Waals surface area contributed by atoms with Crippen molar-refractivity contribution in [2.24, 2.45) is 11.3 Å². The Bertz CT molecular complexity index is 1090. The van der Waals surface area contributed by atoms with Gasteiger partial charge < -0.3 is 9.80 Å². The van der Waals surface area contributed by atoms with Crippen LogP contribution in [0.1, 0.15) is 44.6 Å². The first-order valence-corrected chi connectivity index (χ1v) is 12.3. The van der Waals surface area contributed by atoms with Crippen LogP contribution in [-0.4, -0.2) is 51.9 Å². The van der Waals surface area contributed by atoms with Gasteiger partial charge >= 0.3 is 0 Å². The van der Waals surface area contributed by atoms with E-state index in [0.29, 0.717) is 11.8 Å². The molecule has 2 aliphatic heterocycles. The number of rotatable bonds is 4. The zero-order chi connectivity index (χ0) is 22.7. The Balaban J connectivity index is 1.17. The van der Waals surface area contributed by atoms with Crippen molar-refractivity contribution in [2.75, 3.05) is 31.1 Å². The molecule has 2 fully saturated rings. The monoisotopic (exact) mass is 443 g/mol. The lowest BCUT2D eigenvalue weighted by atomic mass is 9.79. The molecule has 1 atom stereocenters. The molecule has 172 valence electrons. The smallest absolute Gasteiger partial charge is 0.228 e. The van der Waals surface area contributed by atoms with Crippen molar-refractivity contribution in [3.63, 3.8) is 0 Å². The number of fused-ring (bicyclic) bond motifs is 1. The molecule has 0 saturated carbocycles. The molecule has 6 nitrogen and oxygen atoms in total. The fourth-order valence-electron chi connectivity index (χ4n) is 5.41. The Labute approximate surface area is 196 Å². The van der Waals surface area contributed by atoms with Crippen molar-refractivity contribution in [3.8, 4) is 0 Å². The molecule has 0 spiro atoms. The molecule has 0 radical (unpaired) electrons. The van der Waals surface area contributed by atoms with E-state index in [1.54, 1.807) is 12.4 Å². The number of pyridine rings is 1. The van der Waals surface area contributed by atoms with Gasteiger partial charge in [0.1, 0.15) is 0 Å². The number of aromatic nitrogens is 3. The lowest BCUT2D eigenvalue weighted by Crippen LogP contribution is -2.49. The van der Waals surface area contributed by atoms with Gasteiger partial charge in [-0.3, -0.25) is 9.78 Å². The highest BCUT2D eigenvalue weighted by Crippen LogP contribution is 2.35. The molecular weight excluding hydrogens is 410 g/mol. The van der Waals surface area contributed by atoms with Gasteiger partial charge in [-0.05, 0) is 74.3 Å². The molecule has 4 heterocycles. The predicted octanol–water partition coefficient (Wildman–Crippen LogP) is 4.50. The minimum atomic E-state index is -0.281. The number of likely N-dealkylation sites (tertiary alicyclic amines) is 1. The highest BCUT2D eigenvalue weighted by molar-refractivity contribution is 5.83. The largest absolute Gasteiger partial charge is 0.342 e. The van der Waals surface area contributed by atoms with Gasteiger partial charge in [-0.25, -0.2) is 9.97 Å². The zero-order valence-corrected chi connectivity index (χ0v) is 19.5. The van der Waals surface area contributed by atoms with Crippen molar-refractivity contribution in [1.82, 2.24) is 19.9 Å². The Morgan fingerprint density at radius 3 is 2.58 bits per heavy atom. The van der Waals surface area contributed by atoms with Crippen LogP contribution in [0.5, 0.6) is 0 Å². The Hall–Kier alpha value is -3.02. The number of hydrogen-bond donors (Lipinski definition) is 0. The average molecular weight is 444 g/mol. The molecule has 1 amide bonds. The van der Waals surface area contributed by atoms with Gasteiger partial charge in [0.05, 0.1) is 5.52 Å². The van der Waals surface area contributed by atoms with Crippen LogP contribution in [0.3, 0.4) is 0 Å². The van der Waals surface area contributed by atoms with E-state index in [-0.39, 0.29) is 5.41 Å². The van der Waals surface area contributed by atoms with Crippen molar-refractivity contribution in [3.05, 3.63) is 60.6 Å². The summed E-state index contributed by atoms with van der Waals surface area (Å²) in [5.41, 5.74) is 2.15.